The molecule has 0 radical (unpaired) electrons. The normalized spacial score (nSPS) is 17.8. The predicted molar refractivity (Wildman–Crippen MR) is 66.1 cm³/mol. The van der Waals surface area contributed by atoms with E-state index in [-0.39, 0.29) is 0 Å². The van der Waals surface area contributed by atoms with E-state index >= 15 is 0 Å². The van der Waals surface area contributed by atoms with Gasteiger partial charge in [-0.3, -0.25) is 0 Å². The highest BCUT2D eigenvalue weighted by molar-refractivity contribution is 9.10. The van der Waals surface area contributed by atoms with Crippen molar-refractivity contribution in [3.63, 3.8) is 0 Å². The summed E-state index contributed by atoms with van der Waals surface area (Å²) < 4.78 is 0.965. The molecule has 1 saturated carbocycles. The van der Waals surface area contributed by atoms with Crippen molar-refractivity contribution in [3.05, 3.63) is 33.3 Å². The minimum Gasteiger partial charge on any atom is -0.388 e. The Morgan fingerprint density at radius 1 is 1.47 bits per heavy atom. The molecule has 0 aliphatic heterocycles. The maximum absolute atomic E-state index is 10.00. The highest BCUT2D eigenvalue weighted by atomic mass is 79.9. The van der Waals surface area contributed by atoms with E-state index in [1.54, 1.807) is 0 Å². The maximum atomic E-state index is 10.00. The molecule has 1 atom stereocenters. The average Bonchev–Trinajstić information content (AvgIpc) is 3.02. The lowest BCUT2D eigenvalue weighted by atomic mass is 10.0. The zero-order valence-electron chi connectivity index (χ0n) is 8.42. The topological polar surface area (TPSA) is 20.2 Å². The summed E-state index contributed by atoms with van der Waals surface area (Å²) in [7, 11) is 0. The van der Waals surface area contributed by atoms with Crippen molar-refractivity contribution in [2.45, 2.75) is 31.8 Å². The van der Waals surface area contributed by atoms with Gasteiger partial charge in [-0.2, -0.15) is 0 Å². The predicted octanol–water partition coefficient (Wildman–Crippen LogP) is 4.33. The monoisotopic (exact) mass is 288 g/mol. The van der Waals surface area contributed by atoms with Crippen molar-refractivity contribution in [1.29, 1.82) is 0 Å². The van der Waals surface area contributed by atoms with Gasteiger partial charge in [0.2, 0.25) is 0 Å². The lowest BCUT2D eigenvalue weighted by Crippen LogP contribution is -1.99. The van der Waals surface area contributed by atoms with Gasteiger partial charge in [-0.25, -0.2) is 0 Å². The molecule has 0 bridgehead atoms. The van der Waals surface area contributed by atoms with Crippen LogP contribution >= 0.6 is 27.5 Å². The van der Waals surface area contributed by atoms with Gasteiger partial charge in [-0.05, 0) is 37.0 Å². The molecule has 0 amide bonds. The molecule has 2 rings (SSSR count). The molecule has 1 nitrogen and oxygen atoms in total. The second-order valence-electron chi connectivity index (χ2n) is 4.20. The van der Waals surface area contributed by atoms with Crippen LogP contribution in [0.1, 0.15) is 37.4 Å². The molecule has 0 saturated heterocycles. The first kappa shape index (κ1) is 11.4. The molecule has 1 fully saturated rings. The van der Waals surface area contributed by atoms with E-state index < -0.39 is 6.10 Å². The SMILES string of the molecule is OC(CCC1CC1)c1cc(Br)ccc1Cl. The third-order valence-corrected chi connectivity index (χ3v) is 3.70. The van der Waals surface area contributed by atoms with Crippen LogP contribution in [0.15, 0.2) is 22.7 Å². The first-order valence-electron chi connectivity index (χ1n) is 5.30. The van der Waals surface area contributed by atoms with E-state index in [1.165, 1.54) is 12.8 Å². The van der Waals surface area contributed by atoms with Gasteiger partial charge in [0.05, 0.1) is 6.10 Å². The quantitative estimate of drug-likeness (QED) is 0.875. The van der Waals surface area contributed by atoms with Gasteiger partial charge in [-0.1, -0.05) is 40.4 Å². The van der Waals surface area contributed by atoms with Gasteiger partial charge < -0.3 is 5.11 Å². The molecule has 82 valence electrons. The molecule has 1 aromatic carbocycles. The smallest absolute Gasteiger partial charge is 0.0804 e. The van der Waals surface area contributed by atoms with E-state index in [1.807, 2.05) is 18.2 Å². The van der Waals surface area contributed by atoms with Crippen LogP contribution in [0, 0.1) is 5.92 Å². The van der Waals surface area contributed by atoms with Crippen LogP contribution in [0.5, 0.6) is 0 Å². The van der Waals surface area contributed by atoms with Crippen LogP contribution in [0.2, 0.25) is 5.02 Å². The fourth-order valence-corrected chi connectivity index (χ4v) is 2.35. The Bertz CT molecular complexity index is 349. The molecule has 1 aliphatic rings. The van der Waals surface area contributed by atoms with E-state index in [2.05, 4.69) is 15.9 Å². The van der Waals surface area contributed by atoms with Crippen LogP contribution in [-0.4, -0.2) is 5.11 Å². The molecule has 0 spiro atoms. The lowest BCUT2D eigenvalue weighted by Gasteiger charge is -2.12. The summed E-state index contributed by atoms with van der Waals surface area (Å²) in [5, 5.41) is 10.7. The Morgan fingerprint density at radius 3 is 2.87 bits per heavy atom. The number of hydrogen-bond donors (Lipinski definition) is 1. The van der Waals surface area contributed by atoms with Gasteiger partial charge >= 0.3 is 0 Å². The Hall–Kier alpha value is -0.0500. The first-order chi connectivity index (χ1) is 7.16. The number of benzene rings is 1. The number of hydrogen-bond acceptors (Lipinski definition) is 1. The number of halogens is 2. The summed E-state index contributed by atoms with van der Waals surface area (Å²) in [4.78, 5) is 0. The molecular weight excluding hydrogens is 275 g/mol. The van der Waals surface area contributed by atoms with E-state index in [0.29, 0.717) is 5.02 Å². The van der Waals surface area contributed by atoms with Crippen molar-refractivity contribution >= 4 is 27.5 Å². The van der Waals surface area contributed by atoms with Crippen LogP contribution in [-0.2, 0) is 0 Å². The number of aliphatic hydroxyl groups excluding tert-OH is 1. The minimum atomic E-state index is -0.421. The molecular formula is C12H14BrClO. The third-order valence-electron chi connectivity index (χ3n) is 2.86. The van der Waals surface area contributed by atoms with Crippen LogP contribution < -0.4 is 0 Å². The van der Waals surface area contributed by atoms with Gasteiger partial charge in [0.25, 0.3) is 0 Å². The molecule has 0 heterocycles. The second kappa shape index (κ2) is 4.86. The van der Waals surface area contributed by atoms with Gasteiger partial charge in [0.1, 0.15) is 0 Å². The molecule has 1 unspecified atom stereocenters. The van der Waals surface area contributed by atoms with Crippen LogP contribution in [0.3, 0.4) is 0 Å². The maximum Gasteiger partial charge on any atom is 0.0804 e. The second-order valence-corrected chi connectivity index (χ2v) is 5.53. The Morgan fingerprint density at radius 2 is 2.20 bits per heavy atom. The van der Waals surface area contributed by atoms with Crippen LogP contribution in [0.4, 0.5) is 0 Å². The molecule has 0 aromatic heterocycles. The Kier molecular flexibility index (Phi) is 3.70. The summed E-state index contributed by atoms with van der Waals surface area (Å²) in [5.41, 5.74) is 0.840. The highest BCUT2D eigenvalue weighted by Crippen LogP contribution is 2.37. The van der Waals surface area contributed by atoms with Crippen LogP contribution in [0.25, 0.3) is 0 Å². The summed E-state index contributed by atoms with van der Waals surface area (Å²) in [6.07, 6.45) is 4.18. The Balaban J connectivity index is 2.02. The molecule has 3 heteroatoms. The number of rotatable bonds is 4. The van der Waals surface area contributed by atoms with Crippen molar-refractivity contribution in [2.24, 2.45) is 5.92 Å². The molecule has 1 N–H and O–H groups in total. The Labute approximate surface area is 104 Å². The van der Waals surface area contributed by atoms with Crippen molar-refractivity contribution in [3.8, 4) is 0 Å². The van der Waals surface area contributed by atoms with Crippen molar-refractivity contribution in [1.82, 2.24) is 0 Å². The van der Waals surface area contributed by atoms with Crippen molar-refractivity contribution < 1.29 is 5.11 Å². The third kappa shape index (κ3) is 3.20. The zero-order valence-corrected chi connectivity index (χ0v) is 10.8. The number of aliphatic hydroxyl groups is 1. The molecule has 1 aliphatic carbocycles. The van der Waals surface area contributed by atoms with E-state index in [9.17, 15) is 5.11 Å². The fourth-order valence-electron chi connectivity index (χ4n) is 1.73. The van der Waals surface area contributed by atoms with Gasteiger partial charge in [0, 0.05) is 15.1 Å². The lowest BCUT2D eigenvalue weighted by molar-refractivity contribution is 0.162. The average molecular weight is 290 g/mol. The summed E-state index contributed by atoms with van der Waals surface area (Å²) >= 11 is 9.43. The summed E-state index contributed by atoms with van der Waals surface area (Å²) in [6, 6.07) is 5.61. The van der Waals surface area contributed by atoms with E-state index in [0.717, 1.165) is 28.8 Å². The minimum absolute atomic E-state index is 0.421. The van der Waals surface area contributed by atoms with Gasteiger partial charge in [-0.15, -0.1) is 0 Å². The first-order valence-corrected chi connectivity index (χ1v) is 6.47. The largest absolute Gasteiger partial charge is 0.388 e. The summed E-state index contributed by atoms with van der Waals surface area (Å²) in [6.45, 7) is 0. The fraction of sp³-hybridized carbons (Fsp3) is 0.500. The molecule has 1 aromatic rings. The summed E-state index contributed by atoms with van der Waals surface area (Å²) in [5.74, 6) is 0.852. The highest BCUT2D eigenvalue weighted by Gasteiger charge is 2.23. The standard InChI is InChI=1S/C12H14BrClO/c13-9-4-5-11(14)10(7-9)12(15)6-3-8-1-2-8/h4-5,7-8,12,15H,1-3,6H2. The zero-order chi connectivity index (χ0) is 10.8. The van der Waals surface area contributed by atoms with E-state index in [4.69, 9.17) is 11.6 Å². The van der Waals surface area contributed by atoms with Crippen molar-refractivity contribution in [2.75, 3.05) is 0 Å². The molecule has 15 heavy (non-hydrogen) atoms. The van der Waals surface area contributed by atoms with Gasteiger partial charge in [0.15, 0.2) is 0 Å².